The fourth-order valence-electron chi connectivity index (χ4n) is 1.41. The zero-order valence-corrected chi connectivity index (χ0v) is 8.41. The summed E-state index contributed by atoms with van der Waals surface area (Å²) in [7, 11) is 0. The van der Waals surface area contributed by atoms with E-state index in [2.05, 4.69) is 34.6 Å². The molecule has 0 amide bonds. The van der Waals surface area contributed by atoms with Crippen LogP contribution in [0.25, 0.3) is 0 Å². The molecule has 1 aliphatic carbocycles. The SMILES string of the molecule is CC1(C)CC1Nc1cc(NN)ncn1. The lowest BCUT2D eigenvalue weighted by Crippen LogP contribution is -2.12. The van der Waals surface area contributed by atoms with Crippen molar-refractivity contribution >= 4 is 11.6 Å². The van der Waals surface area contributed by atoms with Gasteiger partial charge in [-0.05, 0) is 11.8 Å². The fraction of sp³-hybridized carbons (Fsp3) is 0.556. The third-order valence-electron chi connectivity index (χ3n) is 2.65. The Kier molecular flexibility index (Phi) is 2.03. The minimum absolute atomic E-state index is 0.390. The van der Waals surface area contributed by atoms with Crippen LogP contribution in [-0.4, -0.2) is 16.0 Å². The van der Waals surface area contributed by atoms with E-state index in [-0.39, 0.29) is 0 Å². The largest absolute Gasteiger partial charge is 0.367 e. The molecule has 0 aromatic carbocycles. The first-order valence-electron chi connectivity index (χ1n) is 4.67. The molecule has 5 heteroatoms. The van der Waals surface area contributed by atoms with Gasteiger partial charge in [-0.2, -0.15) is 0 Å². The molecule has 14 heavy (non-hydrogen) atoms. The van der Waals surface area contributed by atoms with E-state index in [1.54, 1.807) is 6.07 Å². The molecule has 1 aliphatic rings. The van der Waals surface area contributed by atoms with Crippen molar-refractivity contribution in [3.8, 4) is 0 Å². The highest BCUT2D eigenvalue weighted by Crippen LogP contribution is 2.46. The minimum atomic E-state index is 0.390. The van der Waals surface area contributed by atoms with Crippen molar-refractivity contribution < 1.29 is 0 Å². The first-order valence-corrected chi connectivity index (χ1v) is 4.67. The maximum Gasteiger partial charge on any atom is 0.145 e. The van der Waals surface area contributed by atoms with Gasteiger partial charge in [-0.25, -0.2) is 15.8 Å². The summed E-state index contributed by atoms with van der Waals surface area (Å²) in [5.74, 6) is 6.70. The third-order valence-corrected chi connectivity index (χ3v) is 2.65. The summed E-state index contributed by atoms with van der Waals surface area (Å²) in [5, 5.41) is 3.33. The summed E-state index contributed by atoms with van der Waals surface area (Å²) in [6.45, 7) is 4.46. The lowest BCUT2D eigenvalue weighted by Gasteiger charge is -2.07. The Morgan fingerprint density at radius 2 is 2.07 bits per heavy atom. The van der Waals surface area contributed by atoms with Gasteiger partial charge < -0.3 is 10.7 Å². The molecule has 1 aromatic heterocycles. The molecule has 4 N–H and O–H groups in total. The fourth-order valence-corrected chi connectivity index (χ4v) is 1.41. The Morgan fingerprint density at radius 3 is 2.64 bits per heavy atom. The van der Waals surface area contributed by atoms with E-state index in [4.69, 9.17) is 5.84 Å². The zero-order valence-electron chi connectivity index (χ0n) is 8.41. The maximum absolute atomic E-state index is 5.25. The first-order chi connectivity index (χ1) is 6.62. The van der Waals surface area contributed by atoms with Gasteiger partial charge in [0.2, 0.25) is 0 Å². The average molecular weight is 193 g/mol. The summed E-state index contributed by atoms with van der Waals surface area (Å²) >= 11 is 0. The predicted molar refractivity (Wildman–Crippen MR) is 55.7 cm³/mol. The summed E-state index contributed by atoms with van der Waals surface area (Å²) in [6, 6.07) is 2.32. The van der Waals surface area contributed by atoms with Crippen molar-refractivity contribution in [3.05, 3.63) is 12.4 Å². The number of nitrogens with zero attached hydrogens (tertiary/aromatic N) is 2. The monoisotopic (exact) mass is 193 g/mol. The van der Waals surface area contributed by atoms with Crippen molar-refractivity contribution in [3.63, 3.8) is 0 Å². The van der Waals surface area contributed by atoms with Crippen LogP contribution in [0.1, 0.15) is 20.3 Å². The number of nitrogen functional groups attached to an aromatic ring is 1. The molecule has 2 rings (SSSR count). The molecular weight excluding hydrogens is 178 g/mol. The van der Waals surface area contributed by atoms with E-state index in [1.807, 2.05) is 0 Å². The van der Waals surface area contributed by atoms with Crippen LogP contribution in [0, 0.1) is 5.41 Å². The van der Waals surface area contributed by atoms with Crippen LogP contribution in [0.4, 0.5) is 11.6 Å². The van der Waals surface area contributed by atoms with E-state index in [9.17, 15) is 0 Å². The van der Waals surface area contributed by atoms with Crippen LogP contribution >= 0.6 is 0 Å². The standard InChI is InChI=1S/C9H15N5/c1-9(2)4-6(9)13-7-3-8(14-10)12-5-11-7/h3,5-6H,4,10H2,1-2H3,(H2,11,12,13,14). The number of hydrogen-bond donors (Lipinski definition) is 3. The zero-order chi connectivity index (χ0) is 10.2. The van der Waals surface area contributed by atoms with E-state index in [0.29, 0.717) is 17.3 Å². The smallest absolute Gasteiger partial charge is 0.145 e. The Labute approximate surface area is 83.1 Å². The molecule has 1 heterocycles. The number of anilines is 2. The second-order valence-corrected chi connectivity index (χ2v) is 4.32. The Bertz CT molecular complexity index is 336. The van der Waals surface area contributed by atoms with Crippen LogP contribution in [0.5, 0.6) is 0 Å². The molecule has 1 saturated carbocycles. The van der Waals surface area contributed by atoms with E-state index in [1.165, 1.54) is 12.7 Å². The quantitative estimate of drug-likeness (QED) is 0.492. The van der Waals surface area contributed by atoms with Gasteiger partial charge in [0.05, 0.1) is 0 Å². The lowest BCUT2D eigenvalue weighted by molar-refractivity contribution is 0.630. The van der Waals surface area contributed by atoms with Crippen LogP contribution in [-0.2, 0) is 0 Å². The van der Waals surface area contributed by atoms with Crippen molar-refractivity contribution in [2.45, 2.75) is 26.3 Å². The highest BCUT2D eigenvalue weighted by molar-refractivity contribution is 5.47. The normalized spacial score (nSPS) is 22.9. The highest BCUT2D eigenvalue weighted by atomic mass is 15.3. The predicted octanol–water partition coefficient (Wildman–Crippen LogP) is 0.973. The number of nitrogens with two attached hydrogens (primary N) is 1. The molecule has 1 unspecified atom stereocenters. The van der Waals surface area contributed by atoms with Gasteiger partial charge in [0.25, 0.3) is 0 Å². The Morgan fingerprint density at radius 1 is 1.43 bits per heavy atom. The van der Waals surface area contributed by atoms with Crippen LogP contribution in [0.2, 0.25) is 0 Å². The molecule has 76 valence electrons. The molecular formula is C9H15N5. The molecule has 0 spiro atoms. The summed E-state index contributed by atoms with van der Waals surface area (Å²) in [4.78, 5) is 8.05. The van der Waals surface area contributed by atoms with E-state index in [0.717, 1.165) is 5.82 Å². The molecule has 0 radical (unpaired) electrons. The number of hydrogen-bond acceptors (Lipinski definition) is 5. The lowest BCUT2D eigenvalue weighted by atomic mass is 10.2. The molecule has 1 fully saturated rings. The Hall–Kier alpha value is -1.36. The van der Waals surface area contributed by atoms with Crippen molar-refractivity contribution in [1.82, 2.24) is 9.97 Å². The maximum atomic E-state index is 5.25. The van der Waals surface area contributed by atoms with Gasteiger partial charge in [-0.3, -0.25) is 0 Å². The van der Waals surface area contributed by atoms with Crippen molar-refractivity contribution in [1.29, 1.82) is 0 Å². The summed E-state index contributed by atoms with van der Waals surface area (Å²) in [6.07, 6.45) is 2.68. The Balaban J connectivity index is 2.03. The molecule has 0 saturated heterocycles. The minimum Gasteiger partial charge on any atom is -0.367 e. The third kappa shape index (κ3) is 1.77. The average Bonchev–Trinajstić information content (AvgIpc) is 2.74. The van der Waals surface area contributed by atoms with Gasteiger partial charge in [0, 0.05) is 12.1 Å². The van der Waals surface area contributed by atoms with Crippen LogP contribution < -0.4 is 16.6 Å². The molecule has 5 nitrogen and oxygen atoms in total. The van der Waals surface area contributed by atoms with Crippen LogP contribution in [0.15, 0.2) is 12.4 Å². The van der Waals surface area contributed by atoms with Crippen molar-refractivity contribution in [2.24, 2.45) is 11.3 Å². The number of aromatic nitrogens is 2. The van der Waals surface area contributed by atoms with Gasteiger partial charge in [-0.1, -0.05) is 13.8 Å². The molecule has 1 aromatic rings. The first kappa shape index (κ1) is 9.21. The van der Waals surface area contributed by atoms with Gasteiger partial charge in [0.1, 0.15) is 18.0 Å². The van der Waals surface area contributed by atoms with Crippen LogP contribution in [0.3, 0.4) is 0 Å². The summed E-state index contributed by atoms with van der Waals surface area (Å²) in [5.41, 5.74) is 2.88. The highest BCUT2D eigenvalue weighted by Gasteiger charge is 2.45. The van der Waals surface area contributed by atoms with E-state index < -0.39 is 0 Å². The van der Waals surface area contributed by atoms with Gasteiger partial charge in [-0.15, -0.1) is 0 Å². The van der Waals surface area contributed by atoms with Gasteiger partial charge >= 0.3 is 0 Å². The number of hydrazine groups is 1. The van der Waals surface area contributed by atoms with E-state index >= 15 is 0 Å². The molecule has 0 aliphatic heterocycles. The number of rotatable bonds is 3. The molecule has 1 atom stereocenters. The van der Waals surface area contributed by atoms with Crippen molar-refractivity contribution in [2.75, 3.05) is 10.7 Å². The second-order valence-electron chi connectivity index (χ2n) is 4.32. The summed E-state index contributed by atoms with van der Waals surface area (Å²) < 4.78 is 0. The van der Waals surface area contributed by atoms with Gasteiger partial charge in [0.15, 0.2) is 0 Å². The number of nitrogens with one attached hydrogen (secondary N) is 2. The second kappa shape index (κ2) is 3.09. The topological polar surface area (TPSA) is 75.9 Å². The molecule has 0 bridgehead atoms.